The molecule has 0 aliphatic heterocycles. The first-order chi connectivity index (χ1) is 10.0. The van der Waals surface area contributed by atoms with Crippen LogP contribution in [0.2, 0.25) is 0 Å². The molecule has 0 atom stereocenters. The van der Waals surface area contributed by atoms with E-state index in [1.165, 1.54) is 0 Å². The summed E-state index contributed by atoms with van der Waals surface area (Å²) in [7, 11) is 0. The van der Waals surface area contributed by atoms with Crippen LogP contribution in [-0.4, -0.2) is 23.3 Å². The number of nitrogens with zero attached hydrogens (tertiary/aromatic N) is 1. The van der Waals surface area contributed by atoms with E-state index in [0.717, 1.165) is 10.2 Å². The zero-order chi connectivity index (χ0) is 15.2. The third-order valence-electron chi connectivity index (χ3n) is 2.65. The van der Waals surface area contributed by atoms with Gasteiger partial charge in [0.1, 0.15) is 5.82 Å². The van der Waals surface area contributed by atoms with E-state index < -0.39 is 0 Å². The van der Waals surface area contributed by atoms with Crippen LogP contribution in [0.3, 0.4) is 0 Å². The molecule has 1 heterocycles. The van der Waals surface area contributed by atoms with E-state index in [-0.39, 0.29) is 18.4 Å². The van der Waals surface area contributed by atoms with Crippen molar-refractivity contribution < 1.29 is 9.59 Å². The molecule has 2 aromatic rings. The number of aromatic nitrogens is 1. The number of benzene rings is 1. The largest absolute Gasteiger partial charge is 0.343 e. The van der Waals surface area contributed by atoms with Crippen LogP contribution < -0.4 is 10.6 Å². The average Bonchev–Trinajstić information content (AvgIpc) is 2.45. The van der Waals surface area contributed by atoms with E-state index in [4.69, 9.17) is 0 Å². The van der Waals surface area contributed by atoms with E-state index in [1.807, 2.05) is 19.1 Å². The van der Waals surface area contributed by atoms with Gasteiger partial charge in [0.15, 0.2) is 0 Å². The van der Waals surface area contributed by atoms with E-state index in [1.54, 1.807) is 30.3 Å². The maximum absolute atomic E-state index is 11.9. The molecular weight excluding hydrogens is 334 g/mol. The van der Waals surface area contributed by atoms with Crippen LogP contribution in [0.5, 0.6) is 0 Å². The van der Waals surface area contributed by atoms with Crippen molar-refractivity contribution in [2.45, 2.75) is 6.92 Å². The Morgan fingerprint density at radius 3 is 2.67 bits per heavy atom. The van der Waals surface area contributed by atoms with Gasteiger partial charge in [0.2, 0.25) is 5.91 Å². The van der Waals surface area contributed by atoms with Crippen molar-refractivity contribution in [1.82, 2.24) is 10.3 Å². The maximum atomic E-state index is 11.9. The SMILES string of the molecule is Cc1cccc(NC(=O)CNC(=O)c2cccc(Br)c2)n1. The van der Waals surface area contributed by atoms with Gasteiger partial charge < -0.3 is 10.6 Å². The molecule has 6 heteroatoms. The third kappa shape index (κ3) is 4.68. The Labute approximate surface area is 130 Å². The highest BCUT2D eigenvalue weighted by Gasteiger charge is 2.08. The van der Waals surface area contributed by atoms with Gasteiger partial charge in [-0.25, -0.2) is 4.98 Å². The summed E-state index contributed by atoms with van der Waals surface area (Å²) in [6.45, 7) is 1.73. The standard InChI is InChI=1S/C15H14BrN3O2/c1-10-4-2-7-13(18-10)19-14(20)9-17-15(21)11-5-3-6-12(16)8-11/h2-8H,9H2,1H3,(H,17,21)(H,18,19,20). The van der Waals surface area contributed by atoms with Gasteiger partial charge in [0, 0.05) is 15.7 Å². The van der Waals surface area contributed by atoms with Crippen LogP contribution in [0.1, 0.15) is 16.1 Å². The van der Waals surface area contributed by atoms with Gasteiger partial charge in [-0.2, -0.15) is 0 Å². The molecule has 1 aromatic carbocycles. The van der Waals surface area contributed by atoms with E-state index in [9.17, 15) is 9.59 Å². The maximum Gasteiger partial charge on any atom is 0.251 e. The number of halogens is 1. The fourth-order valence-electron chi connectivity index (χ4n) is 1.69. The second-order valence-corrected chi connectivity index (χ2v) is 5.32. The zero-order valence-corrected chi connectivity index (χ0v) is 13.0. The predicted molar refractivity (Wildman–Crippen MR) is 84.1 cm³/mol. The first-order valence-corrected chi connectivity index (χ1v) is 7.11. The summed E-state index contributed by atoms with van der Waals surface area (Å²) in [5.41, 5.74) is 1.30. The van der Waals surface area contributed by atoms with E-state index in [2.05, 4.69) is 31.5 Å². The van der Waals surface area contributed by atoms with Crippen molar-refractivity contribution in [2.75, 3.05) is 11.9 Å². The number of hydrogen-bond donors (Lipinski definition) is 2. The summed E-state index contributed by atoms with van der Waals surface area (Å²) in [6, 6.07) is 12.3. The third-order valence-corrected chi connectivity index (χ3v) is 3.15. The fraction of sp³-hybridized carbons (Fsp3) is 0.133. The Hall–Kier alpha value is -2.21. The molecule has 1 aromatic heterocycles. The molecule has 0 aliphatic rings. The monoisotopic (exact) mass is 347 g/mol. The fourth-order valence-corrected chi connectivity index (χ4v) is 2.09. The van der Waals surface area contributed by atoms with Gasteiger partial charge in [-0.1, -0.05) is 28.1 Å². The summed E-state index contributed by atoms with van der Waals surface area (Å²) < 4.78 is 0.809. The smallest absolute Gasteiger partial charge is 0.251 e. The molecule has 21 heavy (non-hydrogen) atoms. The average molecular weight is 348 g/mol. The number of hydrogen-bond acceptors (Lipinski definition) is 3. The van der Waals surface area contributed by atoms with Crippen molar-refractivity contribution >= 4 is 33.6 Å². The Balaban J connectivity index is 1.88. The molecular formula is C15H14BrN3O2. The van der Waals surface area contributed by atoms with Crippen molar-refractivity contribution in [2.24, 2.45) is 0 Å². The lowest BCUT2D eigenvalue weighted by Gasteiger charge is -2.07. The van der Waals surface area contributed by atoms with E-state index in [0.29, 0.717) is 11.4 Å². The quantitative estimate of drug-likeness (QED) is 0.892. The molecule has 0 saturated carbocycles. The van der Waals surface area contributed by atoms with Gasteiger partial charge in [0.25, 0.3) is 5.91 Å². The van der Waals surface area contributed by atoms with Crippen LogP contribution in [-0.2, 0) is 4.79 Å². The number of carbonyl (C=O) groups is 2. The normalized spacial score (nSPS) is 10.0. The minimum atomic E-state index is -0.323. The summed E-state index contributed by atoms with van der Waals surface area (Å²) >= 11 is 3.29. The highest BCUT2D eigenvalue weighted by Crippen LogP contribution is 2.11. The van der Waals surface area contributed by atoms with Crippen molar-refractivity contribution in [3.63, 3.8) is 0 Å². The molecule has 0 saturated heterocycles. The first kappa shape index (κ1) is 15.2. The van der Waals surface area contributed by atoms with Gasteiger partial charge in [-0.05, 0) is 37.3 Å². The van der Waals surface area contributed by atoms with Crippen LogP contribution >= 0.6 is 15.9 Å². The first-order valence-electron chi connectivity index (χ1n) is 6.32. The second-order valence-electron chi connectivity index (χ2n) is 4.41. The molecule has 108 valence electrons. The molecule has 0 unspecified atom stereocenters. The topological polar surface area (TPSA) is 71.1 Å². The molecule has 2 rings (SSSR count). The lowest BCUT2D eigenvalue weighted by Crippen LogP contribution is -2.33. The van der Waals surface area contributed by atoms with Crippen molar-refractivity contribution in [3.05, 3.63) is 58.2 Å². The van der Waals surface area contributed by atoms with Crippen molar-refractivity contribution in [1.29, 1.82) is 0 Å². The lowest BCUT2D eigenvalue weighted by atomic mass is 10.2. The minimum absolute atomic E-state index is 0.110. The summed E-state index contributed by atoms with van der Waals surface area (Å²) in [6.07, 6.45) is 0. The number of rotatable bonds is 4. The predicted octanol–water partition coefficient (Wildman–Crippen LogP) is 2.52. The Kier molecular flexibility index (Phi) is 5.05. The van der Waals surface area contributed by atoms with Crippen LogP contribution in [0.4, 0.5) is 5.82 Å². The van der Waals surface area contributed by atoms with Gasteiger partial charge >= 0.3 is 0 Å². The van der Waals surface area contributed by atoms with Gasteiger partial charge in [-0.3, -0.25) is 9.59 Å². The number of carbonyl (C=O) groups excluding carboxylic acids is 2. The Morgan fingerprint density at radius 2 is 1.95 bits per heavy atom. The number of pyridine rings is 1. The van der Waals surface area contributed by atoms with E-state index >= 15 is 0 Å². The summed E-state index contributed by atoms with van der Waals surface area (Å²) in [5.74, 6) is -0.156. The number of aryl methyl sites for hydroxylation is 1. The highest BCUT2D eigenvalue weighted by molar-refractivity contribution is 9.10. The second kappa shape index (κ2) is 6.99. The number of nitrogens with one attached hydrogen (secondary N) is 2. The highest BCUT2D eigenvalue weighted by atomic mass is 79.9. The molecule has 0 fully saturated rings. The van der Waals surface area contributed by atoms with Gasteiger partial charge in [0.05, 0.1) is 6.54 Å². The molecule has 0 aliphatic carbocycles. The lowest BCUT2D eigenvalue weighted by molar-refractivity contribution is -0.115. The Morgan fingerprint density at radius 1 is 1.19 bits per heavy atom. The molecule has 5 nitrogen and oxygen atoms in total. The number of anilines is 1. The minimum Gasteiger partial charge on any atom is -0.343 e. The molecule has 2 N–H and O–H groups in total. The number of amides is 2. The Bertz CT molecular complexity index is 673. The van der Waals surface area contributed by atoms with Crippen molar-refractivity contribution in [3.8, 4) is 0 Å². The van der Waals surface area contributed by atoms with Crippen LogP contribution in [0.25, 0.3) is 0 Å². The van der Waals surface area contributed by atoms with Crippen LogP contribution in [0.15, 0.2) is 46.9 Å². The summed E-state index contributed by atoms with van der Waals surface area (Å²) in [5, 5.41) is 5.19. The molecule has 0 bridgehead atoms. The molecule has 0 spiro atoms. The zero-order valence-electron chi connectivity index (χ0n) is 11.4. The molecule has 0 radical (unpaired) electrons. The van der Waals surface area contributed by atoms with Crippen LogP contribution in [0, 0.1) is 6.92 Å². The molecule has 2 amide bonds. The summed E-state index contributed by atoms with van der Waals surface area (Å²) in [4.78, 5) is 27.8. The van der Waals surface area contributed by atoms with Gasteiger partial charge in [-0.15, -0.1) is 0 Å².